The molecule has 0 spiro atoms. The minimum Gasteiger partial charge on any atom is -0.495 e. The normalized spacial score (nSPS) is 15.7. The molecule has 1 aromatic carbocycles. The minimum atomic E-state index is 0.259. The van der Waals surface area contributed by atoms with E-state index in [0.717, 1.165) is 17.8 Å². The summed E-state index contributed by atoms with van der Waals surface area (Å²) in [6, 6.07) is 3.73. The van der Waals surface area contributed by atoms with E-state index in [1.165, 1.54) is 0 Å². The van der Waals surface area contributed by atoms with Gasteiger partial charge in [0.25, 0.3) is 0 Å². The van der Waals surface area contributed by atoms with Crippen molar-refractivity contribution in [3.63, 3.8) is 0 Å². The molecule has 1 aliphatic heterocycles. The number of nitrogens with zero attached hydrogens (tertiary/aromatic N) is 1. The topological polar surface area (TPSA) is 29.5 Å². The van der Waals surface area contributed by atoms with Crippen molar-refractivity contribution in [1.82, 2.24) is 0 Å². The van der Waals surface area contributed by atoms with E-state index in [-0.39, 0.29) is 5.78 Å². The number of ketones is 1. The summed E-state index contributed by atoms with van der Waals surface area (Å²) in [7, 11) is 3.55. The Morgan fingerprint density at radius 3 is 2.88 bits per heavy atom. The largest absolute Gasteiger partial charge is 0.495 e. The van der Waals surface area contributed by atoms with Crippen molar-refractivity contribution in [2.75, 3.05) is 25.6 Å². The molecule has 0 aromatic heterocycles. The minimum absolute atomic E-state index is 0.259. The van der Waals surface area contributed by atoms with Gasteiger partial charge in [-0.25, -0.2) is 0 Å². The first-order valence-electron chi connectivity index (χ1n) is 5.21. The molecule has 2 rings (SSSR count). The summed E-state index contributed by atoms with van der Waals surface area (Å²) in [5, 5.41) is 0.586. The fourth-order valence-electron chi connectivity index (χ4n) is 1.95. The summed E-state index contributed by atoms with van der Waals surface area (Å²) >= 11 is 6.08. The summed E-state index contributed by atoms with van der Waals surface area (Å²) in [6.45, 7) is 0.745. The number of carbonyl (C=O) groups excluding carboxylic acids is 1. The molecular weight excluding hydrogens is 226 g/mol. The maximum absolute atomic E-state index is 11.6. The fourth-order valence-corrected chi connectivity index (χ4v) is 2.19. The van der Waals surface area contributed by atoms with Gasteiger partial charge in [0.05, 0.1) is 12.1 Å². The summed E-state index contributed by atoms with van der Waals surface area (Å²) in [5.74, 6) is 0.887. The predicted molar refractivity (Wildman–Crippen MR) is 64.6 cm³/mol. The van der Waals surface area contributed by atoms with Gasteiger partial charge >= 0.3 is 0 Å². The van der Waals surface area contributed by atoms with Crippen LogP contribution in [0.2, 0.25) is 5.02 Å². The van der Waals surface area contributed by atoms with Gasteiger partial charge in [0.15, 0.2) is 0 Å². The summed E-state index contributed by atoms with van der Waals surface area (Å²) in [4.78, 5) is 13.6. The van der Waals surface area contributed by atoms with Crippen LogP contribution in [-0.2, 0) is 11.2 Å². The molecule has 0 atom stereocenters. The third kappa shape index (κ3) is 2.00. The van der Waals surface area contributed by atoms with E-state index >= 15 is 0 Å². The van der Waals surface area contributed by atoms with E-state index in [1.54, 1.807) is 7.11 Å². The number of hydrogen-bond acceptors (Lipinski definition) is 3. The van der Waals surface area contributed by atoms with Crippen molar-refractivity contribution >= 4 is 23.1 Å². The van der Waals surface area contributed by atoms with Crippen molar-refractivity contribution in [2.45, 2.75) is 12.8 Å². The van der Waals surface area contributed by atoms with Crippen molar-refractivity contribution < 1.29 is 9.53 Å². The highest BCUT2D eigenvalue weighted by atomic mass is 35.5. The zero-order valence-corrected chi connectivity index (χ0v) is 10.2. The number of ether oxygens (including phenoxy) is 1. The SMILES string of the molecule is COc1cc2c(cc1Cl)N(C)CCC(=O)C2. The fraction of sp³-hybridized carbons (Fsp3) is 0.417. The average Bonchev–Trinajstić information content (AvgIpc) is 2.39. The number of anilines is 1. The van der Waals surface area contributed by atoms with E-state index in [2.05, 4.69) is 4.90 Å². The van der Waals surface area contributed by atoms with Crippen molar-refractivity contribution in [3.05, 3.63) is 22.7 Å². The number of carbonyl (C=O) groups is 1. The Morgan fingerprint density at radius 2 is 2.19 bits per heavy atom. The number of benzene rings is 1. The van der Waals surface area contributed by atoms with E-state index in [4.69, 9.17) is 16.3 Å². The van der Waals surface area contributed by atoms with Gasteiger partial charge in [-0.15, -0.1) is 0 Å². The first kappa shape index (κ1) is 11.3. The van der Waals surface area contributed by atoms with Gasteiger partial charge in [-0.3, -0.25) is 4.79 Å². The summed E-state index contributed by atoms with van der Waals surface area (Å²) in [5.41, 5.74) is 2.02. The molecule has 0 N–H and O–H groups in total. The Hall–Kier alpha value is -1.22. The van der Waals surface area contributed by atoms with Crippen LogP contribution in [0.1, 0.15) is 12.0 Å². The second kappa shape index (κ2) is 4.34. The molecule has 0 amide bonds. The summed E-state index contributed by atoms with van der Waals surface area (Å²) in [6.07, 6.45) is 1.05. The van der Waals surface area contributed by atoms with Crippen LogP contribution in [-0.4, -0.2) is 26.5 Å². The van der Waals surface area contributed by atoms with Gasteiger partial charge in [0.1, 0.15) is 11.5 Å². The van der Waals surface area contributed by atoms with Crippen LogP contribution in [0.3, 0.4) is 0 Å². The Morgan fingerprint density at radius 1 is 1.44 bits per heavy atom. The van der Waals surface area contributed by atoms with E-state index in [9.17, 15) is 4.79 Å². The molecule has 0 unspecified atom stereocenters. The molecule has 0 saturated carbocycles. The lowest BCUT2D eigenvalue weighted by Gasteiger charge is -2.20. The molecule has 1 aromatic rings. The highest BCUT2D eigenvalue weighted by molar-refractivity contribution is 6.32. The molecule has 0 aliphatic carbocycles. The lowest BCUT2D eigenvalue weighted by molar-refractivity contribution is -0.118. The number of rotatable bonds is 1. The third-order valence-corrected chi connectivity index (χ3v) is 3.17. The number of methoxy groups -OCH3 is 1. The van der Waals surface area contributed by atoms with E-state index in [0.29, 0.717) is 23.6 Å². The first-order chi connectivity index (χ1) is 7.61. The van der Waals surface area contributed by atoms with Crippen LogP contribution in [0, 0.1) is 0 Å². The molecule has 0 fully saturated rings. The monoisotopic (exact) mass is 239 g/mol. The van der Waals surface area contributed by atoms with Crippen LogP contribution < -0.4 is 9.64 Å². The molecule has 16 heavy (non-hydrogen) atoms. The van der Waals surface area contributed by atoms with Crippen LogP contribution in [0.15, 0.2) is 12.1 Å². The van der Waals surface area contributed by atoms with Crippen LogP contribution in [0.4, 0.5) is 5.69 Å². The molecule has 4 heteroatoms. The number of fused-ring (bicyclic) bond motifs is 1. The standard InChI is InChI=1S/C12H14ClNO2/c1-14-4-3-9(15)5-8-6-12(16-2)10(13)7-11(8)14/h6-7H,3-5H2,1-2H3. The Kier molecular flexibility index (Phi) is 3.06. The maximum Gasteiger partial charge on any atom is 0.139 e. The molecule has 86 valence electrons. The lowest BCUT2D eigenvalue weighted by atomic mass is 10.1. The second-order valence-electron chi connectivity index (χ2n) is 4.00. The van der Waals surface area contributed by atoms with Gasteiger partial charge in [0, 0.05) is 32.1 Å². The second-order valence-corrected chi connectivity index (χ2v) is 4.41. The highest BCUT2D eigenvalue weighted by Gasteiger charge is 2.19. The zero-order valence-electron chi connectivity index (χ0n) is 9.42. The predicted octanol–water partition coefficient (Wildman–Crippen LogP) is 2.30. The van der Waals surface area contributed by atoms with Gasteiger partial charge in [-0.1, -0.05) is 11.6 Å². The van der Waals surface area contributed by atoms with Gasteiger partial charge in [-0.05, 0) is 17.7 Å². The molecule has 1 heterocycles. The van der Waals surface area contributed by atoms with E-state index in [1.807, 2.05) is 19.2 Å². The van der Waals surface area contributed by atoms with E-state index < -0.39 is 0 Å². The third-order valence-electron chi connectivity index (χ3n) is 2.88. The van der Waals surface area contributed by atoms with Gasteiger partial charge in [0.2, 0.25) is 0 Å². The Bertz CT molecular complexity index is 431. The highest BCUT2D eigenvalue weighted by Crippen LogP contribution is 2.34. The van der Waals surface area contributed by atoms with Gasteiger partial charge in [-0.2, -0.15) is 0 Å². The lowest BCUT2D eigenvalue weighted by Crippen LogP contribution is -2.18. The molecule has 3 nitrogen and oxygen atoms in total. The van der Waals surface area contributed by atoms with Crippen LogP contribution >= 0.6 is 11.6 Å². The summed E-state index contributed by atoms with van der Waals surface area (Å²) < 4.78 is 5.16. The first-order valence-corrected chi connectivity index (χ1v) is 5.59. The van der Waals surface area contributed by atoms with Crippen molar-refractivity contribution in [3.8, 4) is 5.75 Å². The molecule has 1 aliphatic rings. The molecular formula is C12H14ClNO2. The Labute approximate surface area is 100.0 Å². The quantitative estimate of drug-likeness (QED) is 0.753. The van der Waals surface area contributed by atoms with Crippen molar-refractivity contribution in [1.29, 1.82) is 0 Å². The number of halogens is 1. The molecule has 0 bridgehead atoms. The smallest absolute Gasteiger partial charge is 0.139 e. The maximum atomic E-state index is 11.6. The molecule has 0 radical (unpaired) electrons. The van der Waals surface area contributed by atoms with Crippen molar-refractivity contribution in [2.24, 2.45) is 0 Å². The number of Topliss-reactive ketones (excluding diaryl/α,β-unsaturated/α-hetero) is 1. The Balaban J connectivity index is 2.51. The zero-order chi connectivity index (χ0) is 11.7. The average molecular weight is 240 g/mol. The number of hydrogen-bond donors (Lipinski definition) is 0. The van der Waals surface area contributed by atoms with Gasteiger partial charge < -0.3 is 9.64 Å². The molecule has 0 saturated heterocycles. The van der Waals surface area contributed by atoms with Crippen LogP contribution in [0.25, 0.3) is 0 Å². The van der Waals surface area contributed by atoms with Crippen LogP contribution in [0.5, 0.6) is 5.75 Å².